The standard InChI is InChI=1S/C16H23N5O2/c1-5-10-21-15(22)7-6-14(19-21)16(23)17-9-8-13-11(2)18-20(4)12(13)3/h6-7H,5,8-10H2,1-4H3,(H,17,23). The quantitative estimate of drug-likeness (QED) is 0.861. The molecule has 0 aliphatic rings. The zero-order valence-electron chi connectivity index (χ0n) is 14.1. The van der Waals surface area contributed by atoms with E-state index in [1.165, 1.54) is 16.8 Å². The molecule has 2 aromatic heterocycles. The first-order valence-electron chi connectivity index (χ1n) is 7.79. The van der Waals surface area contributed by atoms with Crippen LogP contribution in [0, 0.1) is 13.8 Å². The van der Waals surface area contributed by atoms with Crippen LogP contribution in [0.5, 0.6) is 0 Å². The molecule has 0 fully saturated rings. The first-order chi connectivity index (χ1) is 10.9. The highest BCUT2D eigenvalue weighted by atomic mass is 16.2. The van der Waals surface area contributed by atoms with Crippen LogP contribution >= 0.6 is 0 Å². The minimum Gasteiger partial charge on any atom is -0.350 e. The van der Waals surface area contributed by atoms with E-state index in [1.807, 2.05) is 32.5 Å². The molecule has 0 aliphatic heterocycles. The van der Waals surface area contributed by atoms with Crippen LogP contribution in [-0.2, 0) is 20.0 Å². The summed E-state index contributed by atoms with van der Waals surface area (Å²) in [5.74, 6) is -0.269. The van der Waals surface area contributed by atoms with E-state index in [0.29, 0.717) is 19.5 Å². The van der Waals surface area contributed by atoms with Crippen molar-refractivity contribution in [2.24, 2.45) is 7.05 Å². The van der Waals surface area contributed by atoms with Gasteiger partial charge in [-0.1, -0.05) is 6.92 Å². The monoisotopic (exact) mass is 317 g/mol. The lowest BCUT2D eigenvalue weighted by Gasteiger charge is -2.07. The molecule has 124 valence electrons. The van der Waals surface area contributed by atoms with Gasteiger partial charge in [-0.2, -0.15) is 10.2 Å². The van der Waals surface area contributed by atoms with Crippen LogP contribution in [0.1, 0.15) is 40.8 Å². The molecule has 2 heterocycles. The summed E-state index contributed by atoms with van der Waals surface area (Å²) in [5, 5.41) is 11.3. The molecular formula is C16H23N5O2. The Labute approximate surface area is 135 Å². The fraction of sp³-hybridized carbons (Fsp3) is 0.500. The molecule has 2 rings (SSSR count). The summed E-state index contributed by atoms with van der Waals surface area (Å²) >= 11 is 0. The molecule has 0 bridgehead atoms. The van der Waals surface area contributed by atoms with Crippen LogP contribution in [0.2, 0.25) is 0 Å². The predicted octanol–water partition coefficient (Wildman–Crippen LogP) is 0.976. The number of hydrogen-bond acceptors (Lipinski definition) is 4. The Morgan fingerprint density at radius 1 is 1.26 bits per heavy atom. The Balaban J connectivity index is 2.00. The van der Waals surface area contributed by atoms with Gasteiger partial charge in [0.1, 0.15) is 5.69 Å². The second-order valence-electron chi connectivity index (χ2n) is 5.56. The van der Waals surface area contributed by atoms with Crippen molar-refractivity contribution in [1.29, 1.82) is 0 Å². The number of aryl methyl sites for hydroxylation is 3. The van der Waals surface area contributed by atoms with Crippen LogP contribution in [0.15, 0.2) is 16.9 Å². The lowest BCUT2D eigenvalue weighted by Crippen LogP contribution is -2.30. The highest BCUT2D eigenvalue weighted by molar-refractivity contribution is 5.91. The normalized spacial score (nSPS) is 10.8. The highest BCUT2D eigenvalue weighted by Gasteiger charge is 2.12. The van der Waals surface area contributed by atoms with E-state index in [1.54, 1.807) is 0 Å². The summed E-state index contributed by atoms with van der Waals surface area (Å²) in [5.41, 5.74) is 3.31. The van der Waals surface area contributed by atoms with Gasteiger partial charge in [0.25, 0.3) is 11.5 Å². The van der Waals surface area contributed by atoms with Gasteiger partial charge in [-0.3, -0.25) is 14.3 Å². The molecule has 0 saturated heterocycles. The Bertz CT molecular complexity index is 760. The fourth-order valence-electron chi connectivity index (χ4n) is 2.51. The van der Waals surface area contributed by atoms with Gasteiger partial charge in [0.15, 0.2) is 0 Å². The first-order valence-corrected chi connectivity index (χ1v) is 7.79. The summed E-state index contributed by atoms with van der Waals surface area (Å²) in [7, 11) is 1.91. The maximum atomic E-state index is 12.2. The Hall–Kier alpha value is -2.44. The topological polar surface area (TPSA) is 81.8 Å². The van der Waals surface area contributed by atoms with E-state index in [0.717, 1.165) is 23.4 Å². The summed E-state index contributed by atoms with van der Waals surface area (Å²) < 4.78 is 3.17. The molecule has 0 spiro atoms. The molecule has 0 unspecified atom stereocenters. The maximum absolute atomic E-state index is 12.2. The number of hydrogen-bond donors (Lipinski definition) is 1. The molecule has 0 aromatic carbocycles. The molecule has 0 saturated carbocycles. The smallest absolute Gasteiger partial charge is 0.271 e. The molecular weight excluding hydrogens is 294 g/mol. The molecule has 0 atom stereocenters. The fourth-order valence-corrected chi connectivity index (χ4v) is 2.51. The van der Waals surface area contributed by atoms with Crippen LogP contribution in [-0.4, -0.2) is 32.0 Å². The van der Waals surface area contributed by atoms with E-state index in [2.05, 4.69) is 15.5 Å². The number of nitrogens with zero attached hydrogens (tertiary/aromatic N) is 4. The van der Waals surface area contributed by atoms with Gasteiger partial charge in [0.2, 0.25) is 0 Å². The van der Waals surface area contributed by atoms with E-state index < -0.39 is 0 Å². The number of carbonyl (C=O) groups is 1. The number of rotatable bonds is 6. The predicted molar refractivity (Wildman–Crippen MR) is 87.5 cm³/mol. The van der Waals surface area contributed by atoms with Crippen LogP contribution in [0.4, 0.5) is 0 Å². The Morgan fingerprint density at radius 3 is 2.61 bits per heavy atom. The number of amides is 1. The molecule has 0 radical (unpaired) electrons. The highest BCUT2D eigenvalue weighted by Crippen LogP contribution is 2.11. The summed E-state index contributed by atoms with van der Waals surface area (Å²) in [4.78, 5) is 23.8. The van der Waals surface area contributed by atoms with Crippen molar-refractivity contribution < 1.29 is 4.79 Å². The number of nitrogens with one attached hydrogen (secondary N) is 1. The van der Waals surface area contributed by atoms with E-state index in [-0.39, 0.29) is 17.2 Å². The van der Waals surface area contributed by atoms with E-state index in [9.17, 15) is 9.59 Å². The minimum absolute atomic E-state index is 0.190. The Morgan fingerprint density at radius 2 is 2.00 bits per heavy atom. The lowest BCUT2D eigenvalue weighted by atomic mass is 10.1. The third-order valence-electron chi connectivity index (χ3n) is 3.85. The Kier molecular flexibility index (Phi) is 5.31. The average molecular weight is 317 g/mol. The van der Waals surface area contributed by atoms with Crippen molar-refractivity contribution in [1.82, 2.24) is 24.9 Å². The molecule has 2 aromatic rings. The lowest BCUT2D eigenvalue weighted by molar-refractivity contribution is 0.0946. The molecule has 7 heteroatoms. The minimum atomic E-state index is -0.269. The molecule has 7 nitrogen and oxygen atoms in total. The van der Waals surface area contributed by atoms with Gasteiger partial charge >= 0.3 is 0 Å². The zero-order chi connectivity index (χ0) is 17.0. The van der Waals surface area contributed by atoms with Crippen LogP contribution in [0.25, 0.3) is 0 Å². The van der Waals surface area contributed by atoms with Crippen LogP contribution < -0.4 is 10.9 Å². The molecule has 1 N–H and O–H groups in total. The van der Waals surface area contributed by atoms with Gasteiger partial charge in [-0.05, 0) is 38.3 Å². The van der Waals surface area contributed by atoms with Gasteiger partial charge in [0, 0.05) is 31.9 Å². The van der Waals surface area contributed by atoms with Crippen LogP contribution in [0.3, 0.4) is 0 Å². The van der Waals surface area contributed by atoms with Crippen molar-refractivity contribution in [3.63, 3.8) is 0 Å². The average Bonchev–Trinajstić information content (AvgIpc) is 2.75. The van der Waals surface area contributed by atoms with Gasteiger partial charge < -0.3 is 5.32 Å². The zero-order valence-corrected chi connectivity index (χ0v) is 14.1. The van der Waals surface area contributed by atoms with Gasteiger partial charge in [-0.25, -0.2) is 4.68 Å². The molecule has 1 amide bonds. The second-order valence-corrected chi connectivity index (χ2v) is 5.56. The van der Waals surface area contributed by atoms with Crippen molar-refractivity contribution in [2.45, 2.75) is 40.2 Å². The number of aromatic nitrogens is 4. The summed E-state index contributed by atoms with van der Waals surface area (Å²) in [6.45, 7) is 6.94. The van der Waals surface area contributed by atoms with Gasteiger partial charge in [0.05, 0.1) is 5.69 Å². The second kappa shape index (κ2) is 7.21. The van der Waals surface area contributed by atoms with E-state index >= 15 is 0 Å². The van der Waals surface area contributed by atoms with Crippen molar-refractivity contribution in [3.05, 3.63) is 45.1 Å². The van der Waals surface area contributed by atoms with Gasteiger partial charge in [-0.15, -0.1) is 0 Å². The maximum Gasteiger partial charge on any atom is 0.271 e. The summed E-state index contributed by atoms with van der Waals surface area (Å²) in [6.07, 6.45) is 1.50. The number of carbonyl (C=O) groups excluding carboxylic acids is 1. The first kappa shape index (κ1) is 16.9. The molecule has 23 heavy (non-hydrogen) atoms. The van der Waals surface area contributed by atoms with Crippen molar-refractivity contribution >= 4 is 5.91 Å². The third-order valence-corrected chi connectivity index (χ3v) is 3.85. The van der Waals surface area contributed by atoms with Crippen molar-refractivity contribution in [3.8, 4) is 0 Å². The SMILES string of the molecule is CCCn1nc(C(=O)NCCc2c(C)nn(C)c2C)ccc1=O. The summed E-state index contributed by atoms with van der Waals surface area (Å²) in [6, 6.07) is 2.84. The third kappa shape index (κ3) is 3.85. The van der Waals surface area contributed by atoms with Crippen molar-refractivity contribution in [2.75, 3.05) is 6.54 Å². The molecule has 0 aliphatic carbocycles. The largest absolute Gasteiger partial charge is 0.350 e. The van der Waals surface area contributed by atoms with E-state index in [4.69, 9.17) is 0 Å².